The summed E-state index contributed by atoms with van der Waals surface area (Å²) < 4.78 is 1.85. The van der Waals surface area contributed by atoms with E-state index in [0.717, 1.165) is 17.9 Å². The lowest BCUT2D eigenvalue weighted by Crippen LogP contribution is -2.21. The first kappa shape index (κ1) is 11.6. The van der Waals surface area contributed by atoms with Crippen molar-refractivity contribution in [1.29, 1.82) is 0 Å². The fraction of sp³-hybridized carbons (Fsp3) is 0.385. The maximum Gasteiger partial charge on any atom is 0.0829 e. The Hall–Kier alpha value is -1.84. The van der Waals surface area contributed by atoms with E-state index >= 15 is 0 Å². The van der Waals surface area contributed by atoms with E-state index in [9.17, 15) is 0 Å². The molecule has 0 unspecified atom stereocenters. The van der Waals surface area contributed by atoms with Crippen LogP contribution in [0.3, 0.4) is 0 Å². The Labute approximate surface area is 102 Å². The average molecular weight is 230 g/mol. The van der Waals surface area contributed by atoms with E-state index in [0.29, 0.717) is 5.92 Å². The van der Waals surface area contributed by atoms with Crippen LogP contribution in [0.1, 0.15) is 13.8 Å². The number of nitrogens with zero attached hydrogens (tertiary/aromatic N) is 4. The van der Waals surface area contributed by atoms with Crippen molar-refractivity contribution in [3.8, 4) is 5.69 Å². The Balaban J connectivity index is 2.16. The normalized spacial score (nSPS) is 10.8. The summed E-state index contributed by atoms with van der Waals surface area (Å²) in [7, 11) is 2.09. The molecule has 4 heteroatoms. The van der Waals surface area contributed by atoms with Crippen molar-refractivity contribution in [2.45, 2.75) is 13.8 Å². The van der Waals surface area contributed by atoms with Crippen molar-refractivity contribution >= 4 is 5.69 Å². The maximum atomic E-state index is 4.35. The molecule has 2 heterocycles. The van der Waals surface area contributed by atoms with Gasteiger partial charge in [-0.15, -0.1) is 0 Å². The number of rotatable bonds is 4. The standard InChI is InChI=1S/C13H18N4/c1-11(2)9-16(3)13-8-15-17(10-13)12-5-4-6-14-7-12/h4-8,10-11H,9H2,1-3H3. The molecule has 2 aromatic rings. The Bertz CT molecular complexity index is 461. The molecule has 0 aliphatic carbocycles. The predicted octanol–water partition coefficient (Wildman–Crippen LogP) is 2.36. The van der Waals surface area contributed by atoms with Crippen LogP contribution in [-0.2, 0) is 0 Å². The minimum absolute atomic E-state index is 0.641. The SMILES string of the molecule is CC(C)CN(C)c1cnn(-c2cccnc2)c1. The summed E-state index contributed by atoms with van der Waals surface area (Å²) in [4.78, 5) is 6.30. The molecule has 0 bridgehead atoms. The van der Waals surface area contributed by atoms with Crippen molar-refractivity contribution in [3.05, 3.63) is 36.9 Å². The van der Waals surface area contributed by atoms with Gasteiger partial charge in [-0.2, -0.15) is 5.10 Å². The molecule has 0 radical (unpaired) electrons. The van der Waals surface area contributed by atoms with Crippen LogP contribution < -0.4 is 4.90 Å². The molecule has 0 saturated heterocycles. The second kappa shape index (κ2) is 4.99. The van der Waals surface area contributed by atoms with Gasteiger partial charge in [0.05, 0.1) is 30.0 Å². The molecular formula is C13H18N4. The van der Waals surface area contributed by atoms with Gasteiger partial charge in [0.1, 0.15) is 0 Å². The van der Waals surface area contributed by atoms with Gasteiger partial charge in [-0.3, -0.25) is 4.98 Å². The molecule has 0 aromatic carbocycles. The van der Waals surface area contributed by atoms with E-state index in [-0.39, 0.29) is 0 Å². The molecule has 0 spiro atoms. The van der Waals surface area contributed by atoms with Gasteiger partial charge < -0.3 is 4.90 Å². The van der Waals surface area contributed by atoms with E-state index < -0.39 is 0 Å². The van der Waals surface area contributed by atoms with Crippen LogP contribution in [0, 0.1) is 5.92 Å². The van der Waals surface area contributed by atoms with Crippen LogP contribution in [0.4, 0.5) is 5.69 Å². The summed E-state index contributed by atoms with van der Waals surface area (Å²) in [6.45, 7) is 5.45. The highest BCUT2D eigenvalue weighted by molar-refractivity contribution is 5.43. The minimum atomic E-state index is 0.641. The lowest BCUT2D eigenvalue weighted by atomic mass is 10.2. The van der Waals surface area contributed by atoms with Gasteiger partial charge in [0.25, 0.3) is 0 Å². The molecule has 0 amide bonds. The Morgan fingerprint density at radius 2 is 2.18 bits per heavy atom. The van der Waals surface area contributed by atoms with Gasteiger partial charge in [-0.25, -0.2) is 4.68 Å². The fourth-order valence-electron chi connectivity index (χ4n) is 1.79. The topological polar surface area (TPSA) is 34.0 Å². The molecule has 0 aliphatic rings. The Morgan fingerprint density at radius 1 is 1.35 bits per heavy atom. The monoisotopic (exact) mass is 230 g/mol. The van der Waals surface area contributed by atoms with Crippen molar-refractivity contribution in [3.63, 3.8) is 0 Å². The smallest absolute Gasteiger partial charge is 0.0829 e. The molecule has 2 aromatic heterocycles. The molecular weight excluding hydrogens is 212 g/mol. The second-order valence-corrected chi connectivity index (χ2v) is 4.63. The first-order valence-corrected chi connectivity index (χ1v) is 5.83. The number of hydrogen-bond acceptors (Lipinski definition) is 3. The third kappa shape index (κ3) is 2.84. The highest BCUT2D eigenvalue weighted by Crippen LogP contribution is 2.15. The van der Waals surface area contributed by atoms with Crippen LogP contribution in [0.5, 0.6) is 0 Å². The van der Waals surface area contributed by atoms with E-state index in [1.54, 1.807) is 12.4 Å². The summed E-state index contributed by atoms with van der Waals surface area (Å²) in [5.74, 6) is 0.641. The van der Waals surface area contributed by atoms with Crippen LogP contribution in [0.2, 0.25) is 0 Å². The quantitative estimate of drug-likeness (QED) is 0.808. The summed E-state index contributed by atoms with van der Waals surface area (Å²) >= 11 is 0. The third-order valence-corrected chi connectivity index (χ3v) is 2.56. The van der Waals surface area contributed by atoms with Crippen molar-refractivity contribution < 1.29 is 0 Å². The zero-order valence-corrected chi connectivity index (χ0v) is 10.5. The van der Waals surface area contributed by atoms with Crippen LogP contribution >= 0.6 is 0 Å². The van der Waals surface area contributed by atoms with E-state index in [4.69, 9.17) is 0 Å². The highest BCUT2D eigenvalue weighted by Gasteiger charge is 2.06. The summed E-state index contributed by atoms with van der Waals surface area (Å²) in [6.07, 6.45) is 7.48. The van der Waals surface area contributed by atoms with E-state index in [2.05, 4.69) is 35.9 Å². The van der Waals surface area contributed by atoms with Crippen LogP contribution in [-0.4, -0.2) is 28.4 Å². The number of aromatic nitrogens is 3. The maximum absolute atomic E-state index is 4.35. The number of pyridine rings is 1. The second-order valence-electron chi connectivity index (χ2n) is 4.63. The molecule has 0 atom stereocenters. The molecule has 2 rings (SSSR count). The summed E-state index contributed by atoms with van der Waals surface area (Å²) in [6, 6.07) is 3.90. The molecule has 17 heavy (non-hydrogen) atoms. The van der Waals surface area contributed by atoms with Gasteiger partial charge >= 0.3 is 0 Å². The Kier molecular flexibility index (Phi) is 3.42. The minimum Gasteiger partial charge on any atom is -0.372 e. The van der Waals surface area contributed by atoms with Crippen molar-refractivity contribution in [1.82, 2.24) is 14.8 Å². The van der Waals surface area contributed by atoms with Gasteiger partial charge in [0.15, 0.2) is 0 Å². The number of hydrogen-bond donors (Lipinski definition) is 0. The Morgan fingerprint density at radius 3 is 2.82 bits per heavy atom. The van der Waals surface area contributed by atoms with E-state index in [1.165, 1.54) is 0 Å². The van der Waals surface area contributed by atoms with Crippen LogP contribution in [0.25, 0.3) is 5.69 Å². The first-order chi connectivity index (χ1) is 8.16. The average Bonchev–Trinajstić information content (AvgIpc) is 2.78. The van der Waals surface area contributed by atoms with Crippen LogP contribution in [0.15, 0.2) is 36.9 Å². The molecule has 0 aliphatic heterocycles. The zero-order valence-electron chi connectivity index (χ0n) is 10.5. The van der Waals surface area contributed by atoms with Gasteiger partial charge in [0, 0.05) is 19.8 Å². The predicted molar refractivity (Wildman–Crippen MR) is 69.5 cm³/mol. The lowest BCUT2D eigenvalue weighted by molar-refractivity contribution is 0.638. The molecule has 0 N–H and O–H groups in total. The van der Waals surface area contributed by atoms with E-state index in [1.807, 2.05) is 29.2 Å². The number of anilines is 1. The molecule has 0 fully saturated rings. The lowest BCUT2D eigenvalue weighted by Gasteiger charge is -2.18. The molecule has 90 valence electrons. The van der Waals surface area contributed by atoms with Gasteiger partial charge in [0.2, 0.25) is 0 Å². The zero-order chi connectivity index (χ0) is 12.3. The summed E-state index contributed by atoms with van der Waals surface area (Å²) in [5, 5.41) is 4.35. The third-order valence-electron chi connectivity index (χ3n) is 2.56. The van der Waals surface area contributed by atoms with Gasteiger partial charge in [-0.1, -0.05) is 13.8 Å². The molecule has 4 nitrogen and oxygen atoms in total. The largest absolute Gasteiger partial charge is 0.372 e. The van der Waals surface area contributed by atoms with Gasteiger partial charge in [-0.05, 0) is 18.1 Å². The fourth-order valence-corrected chi connectivity index (χ4v) is 1.79. The summed E-state index contributed by atoms with van der Waals surface area (Å²) in [5.41, 5.74) is 2.11. The van der Waals surface area contributed by atoms with Crippen molar-refractivity contribution in [2.75, 3.05) is 18.5 Å². The highest BCUT2D eigenvalue weighted by atomic mass is 15.3. The van der Waals surface area contributed by atoms with Crippen molar-refractivity contribution in [2.24, 2.45) is 5.92 Å². The molecule has 0 saturated carbocycles. The first-order valence-electron chi connectivity index (χ1n) is 5.83.